The maximum atomic E-state index is 6.20. The summed E-state index contributed by atoms with van der Waals surface area (Å²) in [6.07, 6.45) is 0.906. The van der Waals surface area contributed by atoms with Gasteiger partial charge in [-0.3, -0.25) is 0 Å². The molecule has 0 saturated heterocycles. The third-order valence-electron chi connectivity index (χ3n) is 4.94. The first-order valence-electron chi connectivity index (χ1n) is 8.85. The number of likely N-dealkylation sites (N-methyl/N-ethyl adjacent to an activating group) is 1. The molecule has 0 fully saturated rings. The Labute approximate surface area is 178 Å². The molecular weight excluding hydrogens is 397 g/mol. The highest BCUT2D eigenvalue weighted by molar-refractivity contribution is 6.42. The lowest BCUT2D eigenvalue weighted by atomic mass is 9.86. The van der Waals surface area contributed by atoms with Crippen LogP contribution in [0.3, 0.4) is 0 Å². The number of hydrogen-bond donors (Lipinski definition) is 1. The van der Waals surface area contributed by atoms with Crippen molar-refractivity contribution in [1.82, 2.24) is 5.32 Å². The normalized spacial score (nSPS) is 12.9. The van der Waals surface area contributed by atoms with Crippen LogP contribution in [0.1, 0.15) is 24.0 Å². The van der Waals surface area contributed by atoms with E-state index in [9.17, 15) is 0 Å². The van der Waals surface area contributed by atoms with Crippen LogP contribution in [0, 0.1) is 0 Å². The summed E-state index contributed by atoms with van der Waals surface area (Å²) in [5.41, 5.74) is 4.98. The summed E-state index contributed by atoms with van der Waals surface area (Å²) in [5.74, 6) is 0.349. The average Bonchev–Trinajstić information content (AvgIpc) is 2.69. The van der Waals surface area contributed by atoms with Crippen molar-refractivity contribution in [3.05, 3.63) is 94.0 Å². The summed E-state index contributed by atoms with van der Waals surface area (Å²) in [6, 6.07) is 25.6. The lowest BCUT2D eigenvalue weighted by molar-refractivity contribution is 0.491. The molecule has 27 heavy (non-hydrogen) atoms. The number of halogens is 3. The van der Waals surface area contributed by atoms with Crippen LogP contribution in [0.2, 0.25) is 10.0 Å². The van der Waals surface area contributed by atoms with Crippen molar-refractivity contribution in [2.45, 2.75) is 25.3 Å². The second-order valence-electron chi connectivity index (χ2n) is 6.62. The van der Waals surface area contributed by atoms with Crippen LogP contribution in [0.15, 0.2) is 72.8 Å². The first kappa shape index (κ1) is 21.8. The Kier molecular flexibility index (Phi) is 8.19. The van der Waals surface area contributed by atoms with Gasteiger partial charge in [-0.05, 0) is 54.8 Å². The van der Waals surface area contributed by atoms with Crippen LogP contribution in [0.4, 0.5) is 0 Å². The molecule has 0 aliphatic heterocycles. The van der Waals surface area contributed by atoms with Gasteiger partial charge >= 0.3 is 0 Å². The number of hydrogen-bond acceptors (Lipinski definition) is 1. The van der Waals surface area contributed by atoms with E-state index in [2.05, 4.69) is 66.8 Å². The molecule has 0 bridgehead atoms. The third-order valence-corrected chi connectivity index (χ3v) is 5.68. The van der Waals surface area contributed by atoms with Crippen molar-refractivity contribution < 1.29 is 0 Å². The molecule has 142 valence electrons. The minimum absolute atomic E-state index is 0. The molecule has 1 N–H and O–H groups in total. The minimum atomic E-state index is 0. The van der Waals surface area contributed by atoms with Gasteiger partial charge in [-0.1, -0.05) is 83.9 Å². The molecule has 3 aromatic rings. The molecule has 0 saturated carbocycles. The summed E-state index contributed by atoms with van der Waals surface area (Å²) in [5, 5.41) is 4.61. The Hall–Kier alpha value is -1.51. The lowest BCUT2D eigenvalue weighted by Gasteiger charge is -2.25. The molecule has 1 nitrogen and oxygen atoms in total. The predicted octanol–water partition coefficient (Wildman–Crippen LogP) is 7.02. The van der Waals surface area contributed by atoms with Gasteiger partial charge in [0.2, 0.25) is 0 Å². The van der Waals surface area contributed by atoms with Gasteiger partial charge in [0.15, 0.2) is 0 Å². The second-order valence-corrected chi connectivity index (χ2v) is 7.44. The number of nitrogens with one attached hydrogen (secondary N) is 1. The van der Waals surface area contributed by atoms with Crippen LogP contribution in [0.5, 0.6) is 0 Å². The van der Waals surface area contributed by atoms with Crippen LogP contribution in [0.25, 0.3) is 11.1 Å². The smallest absolute Gasteiger partial charge is 0.0595 e. The fourth-order valence-corrected chi connectivity index (χ4v) is 3.58. The molecule has 0 aliphatic rings. The van der Waals surface area contributed by atoms with Crippen molar-refractivity contribution in [1.29, 1.82) is 0 Å². The van der Waals surface area contributed by atoms with E-state index in [1.807, 2.05) is 25.2 Å². The van der Waals surface area contributed by atoms with Crippen LogP contribution >= 0.6 is 35.6 Å². The summed E-state index contributed by atoms with van der Waals surface area (Å²) >= 11 is 12.3. The van der Waals surface area contributed by atoms with E-state index < -0.39 is 0 Å². The van der Waals surface area contributed by atoms with Crippen LogP contribution < -0.4 is 5.32 Å². The highest BCUT2D eigenvalue weighted by atomic mass is 35.5. The molecule has 3 aromatic carbocycles. The van der Waals surface area contributed by atoms with Gasteiger partial charge < -0.3 is 5.32 Å². The molecule has 4 heteroatoms. The Bertz CT molecular complexity index is 847. The van der Waals surface area contributed by atoms with E-state index in [0.717, 1.165) is 6.42 Å². The molecule has 3 rings (SSSR count). The topological polar surface area (TPSA) is 12.0 Å². The first-order chi connectivity index (χ1) is 12.6. The zero-order valence-electron chi connectivity index (χ0n) is 15.5. The molecule has 0 amide bonds. The predicted molar refractivity (Wildman–Crippen MR) is 121 cm³/mol. The van der Waals surface area contributed by atoms with E-state index in [-0.39, 0.29) is 12.4 Å². The van der Waals surface area contributed by atoms with E-state index in [0.29, 0.717) is 22.0 Å². The molecule has 0 spiro atoms. The Morgan fingerprint density at radius 2 is 1.44 bits per heavy atom. The summed E-state index contributed by atoms with van der Waals surface area (Å²) in [4.78, 5) is 0. The zero-order chi connectivity index (χ0) is 18.5. The molecule has 0 radical (unpaired) electrons. The van der Waals surface area contributed by atoms with Gasteiger partial charge in [0, 0.05) is 12.0 Å². The van der Waals surface area contributed by atoms with Crippen molar-refractivity contribution in [3.63, 3.8) is 0 Å². The maximum Gasteiger partial charge on any atom is 0.0595 e. The van der Waals surface area contributed by atoms with E-state index >= 15 is 0 Å². The Balaban J connectivity index is 0.00000261. The van der Waals surface area contributed by atoms with Gasteiger partial charge in [0.25, 0.3) is 0 Å². The van der Waals surface area contributed by atoms with Gasteiger partial charge in [-0.15, -0.1) is 12.4 Å². The molecule has 0 heterocycles. The van der Waals surface area contributed by atoms with Gasteiger partial charge in [0.05, 0.1) is 10.0 Å². The maximum absolute atomic E-state index is 6.20. The van der Waals surface area contributed by atoms with Gasteiger partial charge in [0.1, 0.15) is 0 Å². The Morgan fingerprint density at radius 1 is 0.815 bits per heavy atom. The summed E-state index contributed by atoms with van der Waals surface area (Å²) in [6.45, 7) is 2.22. The standard InChI is InChI=1S/C23H23Cl2N.ClH/c1-16(26-2)21(14-17-8-13-22(24)23(25)15-17)20-11-9-19(10-12-20)18-6-4-3-5-7-18;/h3-13,15-16,21,26H,14H2,1-2H3;1H. The second kappa shape index (κ2) is 10.1. The Morgan fingerprint density at radius 3 is 2.04 bits per heavy atom. The van der Waals surface area contributed by atoms with Crippen LogP contribution in [-0.2, 0) is 6.42 Å². The van der Waals surface area contributed by atoms with Gasteiger partial charge in [-0.2, -0.15) is 0 Å². The van der Waals surface area contributed by atoms with Crippen molar-refractivity contribution in [2.24, 2.45) is 0 Å². The third kappa shape index (κ3) is 5.49. The highest BCUT2D eigenvalue weighted by Crippen LogP contribution is 2.30. The SMILES string of the molecule is CNC(C)C(Cc1ccc(Cl)c(Cl)c1)c1ccc(-c2ccccc2)cc1.Cl. The van der Waals surface area contributed by atoms with Crippen LogP contribution in [-0.4, -0.2) is 13.1 Å². The first-order valence-corrected chi connectivity index (χ1v) is 9.60. The molecular formula is C23H24Cl3N. The van der Waals surface area contributed by atoms with E-state index in [1.165, 1.54) is 22.3 Å². The highest BCUT2D eigenvalue weighted by Gasteiger charge is 2.19. The largest absolute Gasteiger partial charge is 0.317 e. The lowest BCUT2D eigenvalue weighted by Crippen LogP contribution is -2.30. The molecule has 2 atom stereocenters. The molecule has 2 unspecified atom stereocenters. The number of rotatable bonds is 6. The van der Waals surface area contributed by atoms with E-state index in [4.69, 9.17) is 23.2 Å². The molecule has 0 aromatic heterocycles. The fourth-order valence-electron chi connectivity index (χ4n) is 3.26. The molecule has 0 aliphatic carbocycles. The zero-order valence-corrected chi connectivity index (χ0v) is 17.8. The van der Waals surface area contributed by atoms with Crippen molar-refractivity contribution >= 4 is 35.6 Å². The quantitative estimate of drug-likeness (QED) is 0.452. The fraction of sp³-hybridized carbons (Fsp3) is 0.217. The van der Waals surface area contributed by atoms with Crippen molar-refractivity contribution in [3.8, 4) is 11.1 Å². The monoisotopic (exact) mass is 419 g/mol. The van der Waals surface area contributed by atoms with E-state index in [1.54, 1.807) is 0 Å². The average molecular weight is 421 g/mol. The van der Waals surface area contributed by atoms with Gasteiger partial charge in [-0.25, -0.2) is 0 Å². The van der Waals surface area contributed by atoms with Crippen molar-refractivity contribution in [2.75, 3.05) is 7.05 Å². The summed E-state index contributed by atoms with van der Waals surface area (Å²) in [7, 11) is 2.00. The minimum Gasteiger partial charge on any atom is -0.317 e. The summed E-state index contributed by atoms with van der Waals surface area (Å²) < 4.78 is 0. The number of benzene rings is 3.